The Kier molecular flexibility index (Phi) is 3.32. The van der Waals surface area contributed by atoms with Crippen LogP contribution in [0, 0.1) is 11.7 Å². The maximum absolute atomic E-state index is 13.5. The van der Waals surface area contributed by atoms with E-state index in [1.54, 1.807) is 19.2 Å². The molecule has 1 N–H and O–H groups in total. The van der Waals surface area contributed by atoms with Crippen molar-refractivity contribution in [2.24, 2.45) is 5.92 Å². The van der Waals surface area contributed by atoms with Gasteiger partial charge in [0.1, 0.15) is 11.6 Å². The molecule has 0 radical (unpaired) electrons. The Hall–Kier alpha value is -1.25. The maximum atomic E-state index is 13.5. The van der Waals surface area contributed by atoms with E-state index in [2.05, 4.69) is 12.2 Å². The van der Waals surface area contributed by atoms with Gasteiger partial charge in [-0.3, -0.25) is 0 Å². The number of rotatable bonds is 5. The van der Waals surface area contributed by atoms with Crippen molar-refractivity contribution >= 4 is 5.69 Å². The van der Waals surface area contributed by atoms with Crippen molar-refractivity contribution in [3.63, 3.8) is 0 Å². The van der Waals surface area contributed by atoms with Gasteiger partial charge in [-0.2, -0.15) is 0 Å². The maximum Gasteiger partial charge on any atom is 0.146 e. The van der Waals surface area contributed by atoms with Crippen LogP contribution >= 0.6 is 0 Å². The molecular weight excluding hydrogens is 205 g/mol. The van der Waals surface area contributed by atoms with E-state index in [9.17, 15) is 4.39 Å². The minimum absolute atomic E-state index is 0.219. The Morgan fingerprint density at radius 1 is 1.50 bits per heavy atom. The summed E-state index contributed by atoms with van der Waals surface area (Å²) in [5.41, 5.74) is 0.535. The quantitative estimate of drug-likeness (QED) is 0.825. The third-order valence-electron chi connectivity index (χ3n) is 2.96. The number of nitrogens with one attached hydrogen (secondary N) is 1. The molecule has 88 valence electrons. The van der Waals surface area contributed by atoms with Crippen molar-refractivity contribution in [2.75, 3.05) is 12.4 Å². The number of ether oxygens (including phenoxy) is 1. The normalized spacial score (nSPS) is 16.9. The molecule has 16 heavy (non-hydrogen) atoms. The molecule has 0 amide bonds. The molecule has 1 unspecified atom stereocenters. The number of hydrogen-bond donors (Lipinski definition) is 1. The molecule has 0 spiro atoms. The molecule has 2 rings (SSSR count). The largest absolute Gasteiger partial charge is 0.497 e. The first-order chi connectivity index (χ1) is 7.69. The summed E-state index contributed by atoms with van der Waals surface area (Å²) < 4.78 is 18.6. The van der Waals surface area contributed by atoms with Gasteiger partial charge in [-0.1, -0.05) is 12.8 Å². The monoisotopic (exact) mass is 223 g/mol. The lowest BCUT2D eigenvalue weighted by atomic mass is 10.1. The second-order valence-corrected chi connectivity index (χ2v) is 4.57. The first-order valence-electron chi connectivity index (χ1n) is 5.79. The third kappa shape index (κ3) is 2.87. The fourth-order valence-electron chi connectivity index (χ4n) is 1.92. The van der Waals surface area contributed by atoms with Gasteiger partial charge in [0.05, 0.1) is 12.8 Å². The average molecular weight is 223 g/mol. The van der Waals surface area contributed by atoms with Crippen LogP contribution in [0.5, 0.6) is 5.75 Å². The van der Waals surface area contributed by atoms with Crippen molar-refractivity contribution in [1.29, 1.82) is 0 Å². The van der Waals surface area contributed by atoms with E-state index in [0.717, 1.165) is 12.3 Å². The van der Waals surface area contributed by atoms with E-state index in [-0.39, 0.29) is 5.82 Å². The minimum Gasteiger partial charge on any atom is -0.497 e. The average Bonchev–Trinajstić information content (AvgIpc) is 3.05. The van der Waals surface area contributed by atoms with Gasteiger partial charge in [0.15, 0.2) is 0 Å². The van der Waals surface area contributed by atoms with Gasteiger partial charge in [-0.25, -0.2) is 4.39 Å². The number of hydrogen-bond acceptors (Lipinski definition) is 2. The molecule has 3 heteroatoms. The fourth-order valence-corrected chi connectivity index (χ4v) is 1.92. The Morgan fingerprint density at radius 3 is 2.88 bits per heavy atom. The first-order valence-corrected chi connectivity index (χ1v) is 5.79. The molecule has 0 bridgehead atoms. The highest BCUT2D eigenvalue weighted by molar-refractivity contribution is 5.50. The molecule has 1 saturated carbocycles. The van der Waals surface area contributed by atoms with Crippen molar-refractivity contribution in [2.45, 2.75) is 32.2 Å². The van der Waals surface area contributed by atoms with E-state index in [1.165, 1.54) is 18.9 Å². The van der Waals surface area contributed by atoms with Crippen LogP contribution in [0.1, 0.15) is 26.2 Å². The zero-order valence-corrected chi connectivity index (χ0v) is 9.79. The van der Waals surface area contributed by atoms with E-state index in [1.807, 2.05) is 0 Å². The molecular formula is C13H18FNO. The zero-order valence-electron chi connectivity index (χ0n) is 9.79. The Balaban J connectivity index is 2.00. The summed E-state index contributed by atoms with van der Waals surface area (Å²) in [7, 11) is 1.59. The summed E-state index contributed by atoms with van der Waals surface area (Å²) in [5.74, 6) is 1.31. The van der Waals surface area contributed by atoms with Crippen molar-refractivity contribution in [3.8, 4) is 5.75 Å². The third-order valence-corrected chi connectivity index (χ3v) is 2.96. The summed E-state index contributed by atoms with van der Waals surface area (Å²) in [6.45, 7) is 2.09. The second kappa shape index (κ2) is 4.73. The van der Waals surface area contributed by atoms with Gasteiger partial charge in [0.25, 0.3) is 0 Å². The first kappa shape index (κ1) is 11.2. The SMILES string of the molecule is COc1ccc(F)c(NC(C)CC2CC2)c1. The summed E-state index contributed by atoms with van der Waals surface area (Å²) in [4.78, 5) is 0. The molecule has 0 saturated heterocycles. The molecule has 0 heterocycles. The van der Waals surface area contributed by atoms with Gasteiger partial charge < -0.3 is 10.1 Å². The standard InChI is InChI=1S/C13H18FNO/c1-9(7-10-3-4-10)15-13-8-11(16-2)5-6-12(13)14/h5-6,8-10,15H,3-4,7H2,1-2H3. The van der Waals surface area contributed by atoms with Crippen molar-refractivity contribution < 1.29 is 9.13 Å². The van der Waals surface area contributed by atoms with Crippen LogP contribution in [0.3, 0.4) is 0 Å². The molecule has 0 aromatic heterocycles. The lowest BCUT2D eigenvalue weighted by molar-refractivity contribution is 0.414. The van der Waals surface area contributed by atoms with Gasteiger partial charge in [-0.05, 0) is 31.4 Å². The lowest BCUT2D eigenvalue weighted by Gasteiger charge is -2.16. The molecule has 1 aliphatic rings. The zero-order chi connectivity index (χ0) is 11.5. The lowest BCUT2D eigenvalue weighted by Crippen LogP contribution is -2.16. The highest BCUT2D eigenvalue weighted by Gasteiger charge is 2.23. The van der Waals surface area contributed by atoms with Gasteiger partial charge in [0.2, 0.25) is 0 Å². The highest BCUT2D eigenvalue weighted by atomic mass is 19.1. The minimum atomic E-state index is -0.219. The van der Waals surface area contributed by atoms with Crippen LogP contribution in [0.2, 0.25) is 0 Å². The smallest absolute Gasteiger partial charge is 0.146 e. The Morgan fingerprint density at radius 2 is 2.25 bits per heavy atom. The van der Waals surface area contributed by atoms with Crippen molar-refractivity contribution in [3.05, 3.63) is 24.0 Å². The number of anilines is 1. The predicted molar refractivity (Wildman–Crippen MR) is 63.4 cm³/mol. The summed E-state index contributed by atoms with van der Waals surface area (Å²) in [6, 6.07) is 5.09. The van der Waals surface area contributed by atoms with Crippen LogP contribution in [0.15, 0.2) is 18.2 Å². The van der Waals surface area contributed by atoms with Crippen LogP contribution in [-0.2, 0) is 0 Å². The van der Waals surface area contributed by atoms with Gasteiger partial charge in [0, 0.05) is 12.1 Å². The summed E-state index contributed by atoms with van der Waals surface area (Å²) in [5, 5.41) is 3.20. The molecule has 1 atom stereocenters. The number of methoxy groups -OCH3 is 1. The molecule has 1 fully saturated rings. The van der Waals surface area contributed by atoms with Gasteiger partial charge >= 0.3 is 0 Å². The molecule has 1 aliphatic carbocycles. The topological polar surface area (TPSA) is 21.3 Å². The predicted octanol–water partition coefficient (Wildman–Crippen LogP) is 3.43. The molecule has 1 aromatic rings. The summed E-state index contributed by atoms with van der Waals surface area (Å²) in [6.07, 6.45) is 3.77. The Labute approximate surface area is 95.8 Å². The van der Waals surface area contributed by atoms with Crippen molar-refractivity contribution in [1.82, 2.24) is 0 Å². The number of benzene rings is 1. The van der Waals surface area contributed by atoms with E-state index in [0.29, 0.717) is 17.5 Å². The fraction of sp³-hybridized carbons (Fsp3) is 0.538. The van der Waals surface area contributed by atoms with E-state index >= 15 is 0 Å². The highest BCUT2D eigenvalue weighted by Crippen LogP contribution is 2.34. The van der Waals surface area contributed by atoms with Gasteiger partial charge in [-0.15, -0.1) is 0 Å². The van der Waals surface area contributed by atoms with Crippen LogP contribution in [-0.4, -0.2) is 13.2 Å². The van der Waals surface area contributed by atoms with E-state index < -0.39 is 0 Å². The molecule has 2 nitrogen and oxygen atoms in total. The van der Waals surface area contributed by atoms with Crippen LogP contribution in [0.25, 0.3) is 0 Å². The molecule has 1 aromatic carbocycles. The van der Waals surface area contributed by atoms with E-state index in [4.69, 9.17) is 4.74 Å². The second-order valence-electron chi connectivity index (χ2n) is 4.57. The number of halogens is 1. The van der Waals surface area contributed by atoms with Crippen LogP contribution in [0.4, 0.5) is 10.1 Å². The molecule has 0 aliphatic heterocycles. The summed E-state index contributed by atoms with van der Waals surface area (Å²) >= 11 is 0. The Bertz CT molecular complexity index is 363. The van der Waals surface area contributed by atoms with Crippen LogP contribution < -0.4 is 10.1 Å².